The van der Waals surface area contributed by atoms with E-state index in [-0.39, 0.29) is 16.9 Å². The lowest BCUT2D eigenvalue weighted by Gasteiger charge is -2.33. The molecule has 0 spiro atoms. The minimum atomic E-state index is -0.0511. The van der Waals surface area contributed by atoms with Crippen LogP contribution in [0.4, 0.5) is 5.82 Å². The van der Waals surface area contributed by atoms with Gasteiger partial charge in [0, 0.05) is 37.4 Å². The van der Waals surface area contributed by atoms with Crippen molar-refractivity contribution in [1.29, 1.82) is 0 Å². The number of nitrogens with zero attached hydrogens (tertiary/aromatic N) is 4. The Morgan fingerprint density at radius 1 is 1.32 bits per heavy atom. The zero-order valence-corrected chi connectivity index (χ0v) is 14.7. The van der Waals surface area contributed by atoms with E-state index in [1.807, 2.05) is 22.0 Å². The van der Waals surface area contributed by atoms with Crippen LogP contribution in [0.25, 0.3) is 0 Å². The van der Waals surface area contributed by atoms with E-state index < -0.39 is 0 Å². The molecule has 0 bridgehead atoms. The van der Waals surface area contributed by atoms with Gasteiger partial charge in [-0.25, -0.2) is 4.68 Å². The van der Waals surface area contributed by atoms with Crippen LogP contribution in [-0.4, -0.2) is 45.2 Å². The SMILES string of the molecule is CC1(C)CCNc2c(C(=O)N3CC4CC4(c4ccncc4)C3)cnn21. The van der Waals surface area contributed by atoms with Gasteiger partial charge in [0.2, 0.25) is 0 Å². The van der Waals surface area contributed by atoms with Crippen LogP contribution in [0.2, 0.25) is 0 Å². The zero-order chi connectivity index (χ0) is 17.2. The van der Waals surface area contributed by atoms with E-state index in [1.54, 1.807) is 6.20 Å². The predicted octanol–water partition coefficient (Wildman–Crippen LogP) is 2.24. The summed E-state index contributed by atoms with van der Waals surface area (Å²) in [7, 11) is 0. The third-order valence-corrected chi connectivity index (χ3v) is 6.29. The third-order valence-electron chi connectivity index (χ3n) is 6.29. The normalized spacial score (nSPS) is 28.9. The molecule has 1 saturated heterocycles. The summed E-state index contributed by atoms with van der Waals surface area (Å²) >= 11 is 0. The number of amides is 1. The van der Waals surface area contributed by atoms with Crippen LogP contribution >= 0.6 is 0 Å². The van der Waals surface area contributed by atoms with Gasteiger partial charge in [-0.15, -0.1) is 0 Å². The number of nitrogens with one attached hydrogen (secondary N) is 1. The summed E-state index contributed by atoms with van der Waals surface area (Å²) in [5.74, 6) is 1.56. The van der Waals surface area contributed by atoms with Crippen LogP contribution < -0.4 is 5.32 Å². The van der Waals surface area contributed by atoms with Crippen LogP contribution in [-0.2, 0) is 11.0 Å². The van der Waals surface area contributed by atoms with Crippen LogP contribution in [0.3, 0.4) is 0 Å². The first-order valence-electron chi connectivity index (χ1n) is 9.03. The summed E-state index contributed by atoms with van der Waals surface area (Å²) in [4.78, 5) is 19.3. The van der Waals surface area contributed by atoms with Crippen LogP contribution in [0, 0.1) is 5.92 Å². The number of hydrogen-bond donors (Lipinski definition) is 1. The third kappa shape index (κ3) is 2.06. The summed E-state index contributed by atoms with van der Waals surface area (Å²) in [5.41, 5.74) is 2.13. The van der Waals surface area contributed by atoms with Crippen molar-refractivity contribution in [2.24, 2.45) is 5.92 Å². The van der Waals surface area contributed by atoms with Gasteiger partial charge < -0.3 is 10.2 Å². The highest BCUT2D eigenvalue weighted by atomic mass is 16.2. The molecule has 5 rings (SSSR count). The Bertz CT molecular complexity index is 843. The second-order valence-corrected chi connectivity index (χ2v) is 8.29. The van der Waals surface area contributed by atoms with Crippen LogP contribution in [0.15, 0.2) is 30.7 Å². The number of rotatable bonds is 2. The molecule has 3 aliphatic rings. The molecule has 25 heavy (non-hydrogen) atoms. The fourth-order valence-electron chi connectivity index (χ4n) is 4.67. The van der Waals surface area contributed by atoms with Crippen molar-refractivity contribution in [2.75, 3.05) is 25.0 Å². The molecule has 1 saturated carbocycles. The molecule has 2 unspecified atom stereocenters. The highest BCUT2D eigenvalue weighted by Gasteiger charge is 2.61. The number of piperidine rings is 1. The molecule has 1 amide bonds. The van der Waals surface area contributed by atoms with Gasteiger partial charge in [0.25, 0.3) is 5.91 Å². The zero-order valence-electron chi connectivity index (χ0n) is 14.7. The molecule has 0 radical (unpaired) electrons. The fourth-order valence-corrected chi connectivity index (χ4v) is 4.67. The summed E-state index contributed by atoms with van der Waals surface area (Å²) in [6, 6.07) is 4.19. The number of hydrogen-bond acceptors (Lipinski definition) is 4. The Labute approximate surface area is 147 Å². The Balaban J connectivity index is 1.42. The van der Waals surface area contributed by atoms with Crippen LogP contribution in [0.1, 0.15) is 42.6 Å². The molecule has 6 heteroatoms. The Morgan fingerprint density at radius 2 is 2.12 bits per heavy atom. The average molecular weight is 337 g/mol. The molecule has 2 fully saturated rings. The first-order chi connectivity index (χ1) is 12.0. The van der Waals surface area contributed by atoms with E-state index in [0.29, 0.717) is 11.5 Å². The van der Waals surface area contributed by atoms with E-state index in [4.69, 9.17) is 0 Å². The molecule has 4 heterocycles. The van der Waals surface area contributed by atoms with Crippen molar-refractivity contribution in [3.63, 3.8) is 0 Å². The van der Waals surface area contributed by atoms with Gasteiger partial charge in [0.15, 0.2) is 0 Å². The molecule has 1 aliphatic carbocycles. The topological polar surface area (TPSA) is 63.1 Å². The molecule has 6 nitrogen and oxygen atoms in total. The minimum Gasteiger partial charge on any atom is -0.370 e. The monoisotopic (exact) mass is 337 g/mol. The Morgan fingerprint density at radius 3 is 2.92 bits per heavy atom. The van der Waals surface area contributed by atoms with Gasteiger partial charge in [0.1, 0.15) is 11.4 Å². The highest BCUT2D eigenvalue weighted by molar-refractivity contribution is 5.99. The number of carbonyl (C=O) groups excluding carboxylic acids is 1. The van der Waals surface area contributed by atoms with Gasteiger partial charge in [-0.2, -0.15) is 5.10 Å². The summed E-state index contributed by atoms with van der Waals surface area (Å²) in [5, 5.41) is 7.89. The summed E-state index contributed by atoms with van der Waals surface area (Å²) < 4.78 is 1.97. The number of fused-ring (bicyclic) bond motifs is 2. The first-order valence-corrected chi connectivity index (χ1v) is 9.03. The summed E-state index contributed by atoms with van der Waals surface area (Å²) in [6.45, 7) is 6.86. The number of aromatic nitrogens is 3. The van der Waals surface area contributed by atoms with Gasteiger partial charge >= 0.3 is 0 Å². The molecule has 2 aromatic rings. The maximum atomic E-state index is 13.2. The molecule has 0 aromatic carbocycles. The Hall–Kier alpha value is -2.37. The maximum absolute atomic E-state index is 13.2. The number of carbonyl (C=O) groups is 1. The molecule has 130 valence electrons. The standard InChI is InChI=1S/C19H23N5O/c1-18(2)5-8-21-16-15(10-22-24(16)18)17(25)23-11-14-9-19(14,12-23)13-3-6-20-7-4-13/h3-4,6-7,10,14,21H,5,8-9,11-12H2,1-2H3. The van der Waals surface area contributed by atoms with Crippen molar-refractivity contribution in [2.45, 2.75) is 37.6 Å². The van der Waals surface area contributed by atoms with Crippen molar-refractivity contribution in [3.05, 3.63) is 41.9 Å². The molecular formula is C19H23N5O. The minimum absolute atomic E-state index is 0.0511. The first kappa shape index (κ1) is 14.9. The molecule has 1 N–H and O–H groups in total. The van der Waals surface area contributed by atoms with Gasteiger partial charge in [0.05, 0.1) is 11.7 Å². The Kier molecular flexibility index (Phi) is 2.89. The largest absolute Gasteiger partial charge is 0.370 e. The van der Waals surface area contributed by atoms with E-state index in [1.165, 1.54) is 12.0 Å². The lowest BCUT2D eigenvalue weighted by atomic mass is 9.96. The lowest BCUT2D eigenvalue weighted by molar-refractivity contribution is 0.0773. The van der Waals surface area contributed by atoms with E-state index in [0.717, 1.165) is 31.9 Å². The van der Waals surface area contributed by atoms with E-state index in [9.17, 15) is 4.79 Å². The van der Waals surface area contributed by atoms with Crippen molar-refractivity contribution < 1.29 is 4.79 Å². The number of pyridine rings is 1. The quantitative estimate of drug-likeness (QED) is 0.913. The van der Waals surface area contributed by atoms with Gasteiger partial charge in [-0.05, 0) is 50.3 Å². The van der Waals surface area contributed by atoms with Crippen LogP contribution in [0.5, 0.6) is 0 Å². The molecule has 2 aliphatic heterocycles. The predicted molar refractivity (Wildman–Crippen MR) is 94.6 cm³/mol. The molecular weight excluding hydrogens is 314 g/mol. The lowest BCUT2D eigenvalue weighted by Crippen LogP contribution is -2.37. The summed E-state index contributed by atoms with van der Waals surface area (Å²) in [6.07, 6.45) is 7.62. The van der Waals surface area contributed by atoms with E-state index >= 15 is 0 Å². The van der Waals surface area contributed by atoms with Crippen molar-refractivity contribution >= 4 is 11.7 Å². The maximum Gasteiger partial charge on any atom is 0.259 e. The highest BCUT2D eigenvalue weighted by Crippen LogP contribution is 2.59. The number of anilines is 1. The fraction of sp³-hybridized carbons (Fsp3) is 0.526. The second kappa shape index (κ2) is 4.84. The molecule has 2 aromatic heterocycles. The average Bonchev–Trinajstić information content (AvgIpc) is 2.96. The smallest absolute Gasteiger partial charge is 0.259 e. The van der Waals surface area contributed by atoms with Crippen molar-refractivity contribution in [1.82, 2.24) is 19.7 Å². The number of likely N-dealkylation sites (tertiary alicyclic amines) is 1. The van der Waals surface area contributed by atoms with E-state index in [2.05, 4.69) is 41.4 Å². The van der Waals surface area contributed by atoms with Gasteiger partial charge in [-0.3, -0.25) is 9.78 Å². The van der Waals surface area contributed by atoms with Crippen molar-refractivity contribution in [3.8, 4) is 0 Å². The van der Waals surface area contributed by atoms with Gasteiger partial charge in [-0.1, -0.05) is 0 Å². The second-order valence-electron chi connectivity index (χ2n) is 8.29. The molecule has 2 atom stereocenters.